The van der Waals surface area contributed by atoms with Crippen LogP contribution in [0, 0.1) is 0 Å². The lowest BCUT2D eigenvalue weighted by Crippen LogP contribution is -2.01. The lowest BCUT2D eigenvalue weighted by atomic mass is 10.1. The monoisotopic (exact) mass is 291 g/mol. The van der Waals surface area contributed by atoms with E-state index in [0.717, 1.165) is 33.7 Å². The highest BCUT2D eigenvalue weighted by Gasteiger charge is 2.12. The highest BCUT2D eigenvalue weighted by atomic mass is 16.3. The third-order valence-electron chi connectivity index (χ3n) is 3.47. The van der Waals surface area contributed by atoms with E-state index >= 15 is 0 Å². The van der Waals surface area contributed by atoms with Gasteiger partial charge in [-0.1, -0.05) is 0 Å². The minimum Gasteiger partial charge on any atom is -0.467 e. The van der Waals surface area contributed by atoms with Gasteiger partial charge in [-0.2, -0.15) is 0 Å². The fourth-order valence-corrected chi connectivity index (χ4v) is 2.44. The van der Waals surface area contributed by atoms with Crippen molar-refractivity contribution in [3.05, 3.63) is 61.2 Å². The molecule has 2 N–H and O–H groups in total. The van der Waals surface area contributed by atoms with E-state index in [2.05, 4.69) is 25.3 Å². The Morgan fingerprint density at radius 1 is 1.14 bits per heavy atom. The molecule has 0 spiro atoms. The number of aromatic nitrogens is 4. The molecule has 0 aliphatic carbocycles. The molecule has 22 heavy (non-hydrogen) atoms. The fourth-order valence-electron chi connectivity index (χ4n) is 2.44. The largest absolute Gasteiger partial charge is 0.467 e. The number of nitrogens with one attached hydrogen (secondary N) is 2. The molecule has 0 saturated carbocycles. The zero-order valence-electron chi connectivity index (χ0n) is 11.7. The summed E-state index contributed by atoms with van der Waals surface area (Å²) in [5.74, 6) is 1.63. The van der Waals surface area contributed by atoms with Gasteiger partial charge in [0.15, 0.2) is 0 Å². The van der Waals surface area contributed by atoms with Crippen molar-refractivity contribution in [2.45, 2.75) is 6.54 Å². The van der Waals surface area contributed by atoms with E-state index in [4.69, 9.17) is 4.42 Å². The second-order valence-electron chi connectivity index (χ2n) is 4.82. The minimum absolute atomic E-state index is 0.570. The number of H-pyrrole nitrogens is 1. The van der Waals surface area contributed by atoms with Crippen molar-refractivity contribution in [3.8, 4) is 11.1 Å². The number of aromatic amines is 1. The maximum absolute atomic E-state index is 5.34. The molecule has 0 amide bonds. The summed E-state index contributed by atoms with van der Waals surface area (Å²) in [6.07, 6.45) is 8.68. The first-order valence-corrected chi connectivity index (χ1v) is 6.90. The van der Waals surface area contributed by atoms with E-state index in [0.29, 0.717) is 6.54 Å². The van der Waals surface area contributed by atoms with Crippen LogP contribution in [-0.2, 0) is 6.54 Å². The van der Waals surface area contributed by atoms with Crippen molar-refractivity contribution in [2.24, 2.45) is 0 Å². The molecule has 0 atom stereocenters. The highest BCUT2D eigenvalue weighted by molar-refractivity contribution is 6.00. The van der Waals surface area contributed by atoms with Crippen molar-refractivity contribution < 1.29 is 4.42 Å². The average Bonchev–Trinajstić information content (AvgIpc) is 3.23. The number of rotatable bonds is 4. The van der Waals surface area contributed by atoms with Crippen LogP contribution in [0.4, 0.5) is 5.82 Å². The van der Waals surface area contributed by atoms with Crippen LogP contribution in [0.15, 0.2) is 59.9 Å². The molecule has 6 nitrogen and oxygen atoms in total. The van der Waals surface area contributed by atoms with Crippen molar-refractivity contribution in [1.29, 1.82) is 0 Å². The topological polar surface area (TPSA) is 79.6 Å². The van der Waals surface area contributed by atoms with Crippen molar-refractivity contribution in [2.75, 3.05) is 5.32 Å². The first kappa shape index (κ1) is 12.6. The summed E-state index contributed by atoms with van der Waals surface area (Å²) >= 11 is 0. The van der Waals surface area contributed by atoms with Crippen LogP contribution in [-0.4, -0.2) is 19.9 Å². The molecule has 0 aliphatic heterocycles. The van der Waals surface area contributed by atoms with E-state index < -0.39 is 0 Å². The third-order valence-corrected chi connectivity index (χ3v) is 3.47. The Hall–Kier alpha value is -3.15. The van der Waals surface area contributed by atoms with Gasteiger partial charge >= 0.3 is 0 Å². The number of anilines is 1. The van der Waals surface area contributed by atoms with Crippen LogP contribution < -0.4 is 5.32 Å². The maximum atomic E-state index is 5.34. The van der Waals surface area contributed by atoms with E-state index in [1.807, 2.05) is 30.5 Å². The van der Waals surface area contributed by atoms with Crippen LogP contribution in [0.1, 0.15) is 5.76 Å². The number of nitrogens with zero attached hydrogens (tertiary/aromatic N) is 3. The molecule has 4 aromatic rings. The highest BCUT2D eigenvalue weighted by Crippen LogP contribution is 2.31. The van der Waals surface area contributed by atoms with Crippen LogP contribution in [0.25, 0.3) is 22.2 Å². The molecule has 0 radical (unpaired) electrons. The average molecular weight is 291 g/mol. The summed E-state index contributed by atoms with van der Waals surface area (Å²) in [5.41, 5.74) is 2.90. The summed E-state index contributed by atoms with van der Waals surface area (Å²) in [5, 5.41) is 4.26. The van der Waals surface area contributed by atoms with Gasteiger partial charge in [-0.15, -0.1) is 0 Å². The Morgan fingerprint density at radius 2 is 2.05 bits per heavy atom. The summed E-state index contributed by atoms with van der Waals surface area (Å²) in [6, 6.07) is 7.72. The Labute approximate surface area is 126 Å². The van der Waals surface area contributed by atoms with Gasteiger partial charge in [0, 0.05) is 24.2 Å². The Balaban J connectivity index is 1.76. The second kappa shape index (κ2) is 5.33. The molecule has 4 rings (SSSR count). The summed E-state index contributed by atoms with van der Waals surface area (Å²) in [4.78, 5) is 15.9. The SMILES string of the molecule is c1coc(CNc2ncnc3[nH]cc(-c4ccncc4)c23)c1. The first-order chi connectivity index (χ1) is 10.9. The Morgan fingerprint density at radius 3 is 2.86 bits per heavy atom. The number of pyridine rings is 1. The Kier molecular flexibility index (Phi) is 3.05. The van der Waals surface area contributed by atoms with Gasteiger partial charge in [0.05, 0.1) is 18.2 Å². The third kappa shape index (κ3) is 2.20. The molecule has 0 bridgehead atoms. The van der Waals surface area contributed by atoms with E-state index in [1.54, 1.807) is 25.0 Å². The van der Waals surface area contributed by atoms with Gasteiger partial charge in [0.25, 0.3) is 0 Å². The zero-order chi connectivity index (χ0) is 14.8. The normalized spacial score (nSPS) is 10.9. The smallest absolute Gasteiger partial charge is 0.143 e. The first-order valence-electron chi connectivity index (χ1n) is 6.90. The van der Waals surface area contributed by atoms with E-state index in [9.17, 15) is 0 Å². The van der Waals surface area contributed by atoms with Crippen molar-refractivity contribution in [3.63, 3.8) is 0 Å². The number of furan rings is 1. The standard InChI is InChI=1S/C16H13N5O/c1-2-12(22-7-1)8-18-15-14-13(11-3-5-17-6-4-11)9-19-16(14)21-10-20-15/h1-7,9-10H,8H2,(H2,18,19,20,21). The van der Waals surface area contributed by atoms with Crippen LogP contribution >= 0.6 is 0 Å². The lowest BCUT2D eigenvalue weighted by molar-refractivity contribution is 0.518. The molecule has 4 heterocycles. The van der Waals surface area contributed by atoms with Crippen molar-refractivity contribution in [1.82, 2.24) is 19.9 Å². The number of fused-ring (bicyclic) bond motifs is 1. The lowest BCUT2D eigenvalue weighted by Gasteiger charge is -2.06. The quantitative estimate of drug-likeness (QED) is 0.603. The molecule has 108 valence electrons. The van der Waals surface area contributed by atoms with Gasteiger partial charge in [0.1, 0.15) is 23.6 Å². The molecular weight excluding hydrogens is 278 g/mol. The fraction of sp³-hybridized carbons (Fsp3) is 0.0625. The summed E-state index contributed by atoms with van der Waals surface area (Å²) in [6.45, 7) is 0.570. The zero-order valence-corrected chi connectivity index (χ0v) is 11.7. The predicted molar refractivity (Wildman–Crippen MR) is 83.2 cm³/mol. The molecule has 4 aromatic heterocycles. The van der Waals surface area contributed by atoms with Gasteiger partial charge in [0.2, 0.25) is 0 Å². The molecule has 0 saturated heterocycles. The van der Waals surface area contributed by atoms with Crippen LogP contribution in [0.3, 0.4) is 0 Å². The van der Waals surface area contributed by atoms with Crippen molar-refractivity contribution >= 4 is 16.9 Å². The number of hydrogen-bond acceptors (Lipinski definition) is 5. The predicted octanol–water partition coefficient (Wildman–Crippen LogP) is 3.23. The van der Waals surface area contributed by atoms with Gasteiger partial charge < -0.3 is 14.7 Å². The van der Waals surface area contributed by atoms with E-state index in [-0.39, 0.29) is 0 Å². The summed E-state index contributed by atoms with van der Waals surface area (Å²) in [7, 11) is 0. The van der Waals surface area contributed by atoms with Gasteiger partial charge in [-0.25, -0.2) is 9.97 Å². The number of hydrogen-bond donors (Lipinski definition) is 2. The van der Waals surface area contributed by atoms with Gasteiger partial charge in [-0.05, 0) is 29.8 Å². The molecule has 6 heteroatoms. The molecule has 0 aliphatic rings. The van der Waals surface area contributed by atoms with Crippen LogP contribution in [0.5, 0.6) is 0 Å². The second-order valence-corrected chi connectivity index (χ2v) is 4.82. The van der Waals surface area contributed by atoms with E-state index in [1.165, 1.54) is 0 Å². The maximum Gasteiger partial charge on any atom is 0.143 e. The molecular formula is C16H13N5O. The molecule has 0 aromatic carbocycles. The molecule has 0 unspecified atom stereocenters. The molecule has 0 fully saturated rings. The summed E-state index contributed by atoms with van der Waals surface area (Å²) < 4.78 is 5.34. The van der Waals surface area contributed by atoms with Crippen LogP contribution in [0.2, 0.25) is 0 Å². The van der Waals surface area contributed by atoms with Gasteiger partial charge in [-0.3, -0.25) is 4.98 Å². The Bertz CT molecular complexity index is 883. The minimum atomic E-state index is 0.570.